The molecule has 2 heterocycles. The summed E-state index contributed by atoms with van der Waals surface area (Å²) in [6.45, 7) is 5.98. The maximum atomic E-state index is 12.1. The molecule has 0 unspecified atom stereocenters. The van der Waals surface area contributed by atoms with Crippen molar-refractivity contribution >= 4 is 17.2 Å². The van der Waals surface area contributed by atoms with Gasteiger partial charge in [-0.15, -0.1) is 11.3 Å². The Bertz CT molecular complexity index is 367. The Morgan fingerprint density at radius 2 is 2.17 bits per heavy atom. The van der Waals surface area contributed by atoms with E-state index in [1.54, 1.807) is 11.3 Å². The summed E-state index contributed by atoms with van der Waals surface area (Å²) in [5.41, 5.74) is 0. The highest BCUT2D eigenvalue weighted by atomic mass is 32.1. The zero-order valence-electron chi connectivity index (χ0n) is 11.2. The summed E-state index contributed by atoms with van der Waals surface area (Å²) in [5, 5.41) is 5.54. The average Bonchev–Trinajstić information content (AvgIpc) is 2.80. The van der Waals surface area contributed by atoms with Gasteiger partial charge in [-0.1, -0.05) is 6.07 Å². The quantitative estimate of drug-likeness (QED) is 0.907. The molecule has 1 aromatic rings. The number of hydrogen-bond donors (Lipinski definition) is 1. The molecule has 1 amide bonds. The molecule has 0 spiro atoms. The molecule has 1 fully saturated rings. The summed E-state index contributed by atoms with van der Waals surface area (Å²) < 4.78 is 0. The largest absolute Gasteiger partial charge is 0.340 e. The Kier molecular flexibility index (Phi) is 4.78. The van der Waals surface area contributed by atoms with Crippen LogP contribution in [0.3, 0.4) is 0 Å². The summed E-state index contributed by atoms with van der Waals surface area (Å²) in [7, 11) is 0. The number of hydrogen-bond acceptors (Lipinski definition) is 3. The van der Waals surface area contributed by atoms with Crippen LogP contribution < -0.4 is 5.32 Å². The Labute approximate surface area is 113 Å². The summed E-state index contributed by atoms with van der Waals surface area (Å²) in [6.07, 6.45) is 2.67. The summed E-state index contributed by atoms with van der Waals surface area (Å²) >= 11 is 1.78. The standard InChI is InChI=1S/C14H22N2OS/c1-11-9-16(10-12(2)15-11)14(17)7-3-5-13-6-4-8-18-13/h4,6,8,11-12,15H,3,5,7,9-10H2,1-2H3/t11-,12+. The molecule has 0 saturated carbocycles. The third-order valence-corrected chi connectivity index (χ3v) is 4.24. The van der Waals surface area contributed by atoms with Gasteiger partial charge in [0, 0.05) is 36.5 Å². The van der Waals surface area contributed by atoms with E-state index < -0.39 is 0 Å². The lowest BCUT2D eigenvalue weighted by atomic mass is 10.1. The van der Waals surface area contributed by atoms with E-state index in [9.17, 15) is 4.79 Å². The zero-order valence-corrected chi connectivity index (χ0v) is 12.0. The Balaban J connectivity index is 1.74. The first kappa shape index (κ1) is 13.6. The first-order valence-electron chi connectivity index (χ1n) is 6.71. The molecule has 2 atom stereocenters. The van der Waals surface area contributed by atoms with E-state index in [4.69, 9.17) is 0 Å². The molecule has 4 heteroatoms. The van der Waals surface area contributed by atoms with Crippen molar-refractivity contribution in [3.63, 3.8) is 0 Å². The number of thiophene rings is 1. The van der Waals surface area contributed by atoms with E-state index in [-0.39, 0.29) is 0 Å². The number of piperazine rings is 1. The van der Waals surface area contributed by atoms with E-state index in [0.29, 0.717) is 24.4 Å². The van der Waals surface area contributed by atoms with Gasteiger partial charge in [-0.2, -0.15) is 0 Å². The number of carbonyl (C=O) groups is 1. The minimum Gasteiger partial charge on any atom is -0.340 e. The number of nitrogens with zero attached hydrogens (tertiary/aromatic N) is 1. The fourth-order valence-electron chi connectivity index (χ4n) is 2.56. The SMILES string of the molecule is C[C@@H]1CN(C(=O)CCCc2cccs2)C[C@H](C)N1. The van der Waals surface area contributed by atoms with Crippen LogP contribution in [-0.2, 0) is 11.2 Å². The second-order valence-corrected chi connectivity index (χ2v) is 6.23. The van der Waals surface area contributed by atoms with Crippen molar-refractivity contribution in [2.45, 2.75) is 45.2 Å². The van der Waals surface area contributed by atoms with Crippen molar-refractivity contribution in [2.24, 2.45) is 0 Å². The van der Waals surface area contributed by atoms with E-state index >= 15 is 0 Å². The molecule has 1 aromatic heterocycles. The second-order valence-electron chi connectivity index (χ2n) is 5.20. The van der Waals surface area contributed by atoms with E-state index in [1.165, 1.54) is 4.88 Å². The van der Waals surface area contributed by atoms with Crippen LogP contribution in [0.1, 0.15) is 31.6 Å². The van der Waals surface area contributed by atoms with Gasteiger partial charge in [0.1, 0.15) is 0 Å². The molecule has 18 heavy (non-hydrogen) atoms. The molecular formula is C14H22N2OS. The molecular weight excluding hydrogens is 244 g/mol. The number of carbonyl (C=O) groups excluding carboxylic acids is 1. The van der Waals surface area contributed by atoms with Gasteiger partial charge in [-0.3, -0.25) is 4.79 Å². The molecule has 1 N–H and O–H groups in total. The third kappa shape index (κ3) is 3.82. The lowest BCUT2D eigenvalue weighted by Crippen LogP contribution is -2.55. The van der Waals surface area contributed by atoms with Gasteiger partial charge in [0.15, 0.2) is 0 Å². The second kappa shape index (κ2) is 6.34. The fraction of sp³-hybridized carbons (Fsp3) is 0.643. The molecule has 1 aliphatic rings. The van der Waals surface area contributed by atoms with Crippen molar-refractivity contribution in [2.75, 3.05) is 13.1 Å². The van der Waals surface area contributed by atoms with Crippen LogP contribution in [0, 0.1) is 0 Å². The van der Waals surface area contributed by atoms with E-state index in [0.717, 1.165) is 25.9 Å². The van der Waals surface area contributed by atoms with Gasteiger partial charge in [0.2, 0.25) is 5.91 Å². The topological polar surface area (TPSA) is 32.3 Å². The van der Waals surface area contributed by atoms with Gasteiger partial charge in [0.05, 0.1) is 0 Å². The fourth-order valence-corrected chi connectivity index (χ4v) is 3.31. The predicted octanol–water partition coefficient (Wildman–Crippen LogP) is 2.28. The number of amides is 1. The highest BCUT2D eigenvalue weighted by Gasteiger charge is 2.24. The average molecular weight is 266 g/mol. The lowest BCUT2D eigenvalue weighted by Gasteiger charge is -2.36. The summed E-state index contributed by atoms with van der Waals surface area (Å²) in [5.74, 6) is 0.312. The van der Waals surface area contributed by atoms with Crippen LogP contribution in [-0.4, -0.2) is 36.0 Å². The van der Waals surface area contributed by atoms with Gasteiger partial charge in [-0.05, 0) is 38.1 Å². The highest BCUT2D eigenvalue weighted by Crippen LogP contribution is 2.13. The molecule has 1 saturated heterocycles. The molecule has 0 aromatic carbocycles. The van der Waals surface area contributed by atoms with Crippen LogP contribution in [0.25, 0.3) is 0 Å². The smallest absolute Gasteiger partial charge is 0.222 e. The van der Waals surface area contributed by atoms with Crippen molar-refractivity contribution in [1.29, 1.82) is 0 Å². The normalized spacial score (nSPS) is 24.2. The highest BCUT2D eigenvalue weighted by molar-refractivity contribution is 7.09. The van der Waals surface area contributed by atoms with E-state index in [1.807, 2.05) is 4.90 Å². The molecule has 0 bridgehead atoms. The van der Waals surface area contributed by atoms with Gasteiger partial charge < -0.3 is 10.2 Å². The Morgan fingerprint density at radius 3 is 2.78 bits per heavy atom. The zero-order chi connectivity index (χ0) is 13.0. The molecule has 2 rings (SSSR count). The maximum Gasteiger partial charge on any atom is 0.222 e. The Morgan fingerprint density at radius 1 is 1.44 bits per heavy atom. The molecule has 0 aliphatic carbocycles. The van der Waals surface area contributed by atoms with Crippen molar-refractivity contribution in [3.05, 3.63) is 22.4 Å². The lowest BCUT2D eigenvalue weighted by molar-refractivity contribution is -0.133. The minimum absolute atomic E-state index is 0.312. The van der Waals surface area contributed by atoms with Crippen LogP contribution in [0.2, 0.25) is 0 Å². The van der Waals surface area contributed by atoms with Crippen molar-refractivity contribution in [1.82, 2.24) is 10.2 Å². The van der Waals surface area contributed by atoms with Gasteiger partial charge in [-0.25, -0.2) is 0 Å². The number of aryl methyl sites for hydroxylation is 1. The third-order valence-electron chi connectivity index (χ3n) is 3.30. The summed E-state index contributed by atoms with van der Waals surface area (Å²) in [4.78, 5) is 15.5. The summed E-state index contributed by atoms with van der Waals surface area (Å²) in [6, 6.07) is 5.04. The van der Waals surface area contributed by atoms with Crippen LogP contribution >= 0.6 is 11.3 Å². The predicted molar refractivity (Wildman–Crippen MR) is 75.9 cm³/mol. The van der Waals surface area contributed by atoms with Crippen LogP contribution in [0.15, 0.2) is 17.5 Å². The molecule has 3 nitrogen and oxygen atoms in total. The minimum atomic E-state index is 0.312. The van der Waals surface area contributed by atoms with Gasteiger partial charge >= 0.3 is 0 Å². The number of nitrogens with one attached hydrogen (secondary N) is 1. The molecule has 100 valence electrons. The van der Waals surface area contributed by atoms with Crippen LogP contribution in [0.4, 0.5) is 0 Å². The first-order chi connectivity index (χ1) is 8.65. The van der Waals surface area contributed by atoms with Gasteiger partial charge in [0.25, 0.3) is 0 Å². The molecule has 1 aliphatic heterocycles. The number of rotatable bonds is 4. The van der Waals surface area contributed by atoms with Crippen LogP contribution in [0.5, 0.6) is 0 Å². The first-order valence-corrected chi connectivity index (χ1v) is 7.59. The van der Waals surface area contributed by atoms with Crippen molar-refractivity contribution < 1.29 is 4.79 Å². The monoisotopic (exact) mass is 266 g/mol. The van der Waals surface area contributed by atoms with E-state index in [2.05, 4.69) is 36.7 Å². The maximum absolute atomic E-state index is 12.1. The Hall–Kier alpha value is -0.870. The molecule has 0 radical (unpaired) electrons. The van der Waals surface area contributed by atoms with Crippen molar-refractivity contribution in [3.8, 4) is 0 Å².